The number of rotatable bonds is 10. The summed E-state index contributed by atoms with van der Waals surface area (Å²) < 4.78 is 6.59. The molecule has 2 aromatic carbocycles. The lowest BCUT2D eigenvalue weighted by atomic mass is 9.86. The Kier molecular flexibility index (Phi) is 9.56. The lowest BCUT2D eigenvalue weighted by Crippen LogP contribution is -2.61. The zero-order chi connectivity index (χ0) is 32.3. The first-order valence-corrected chi connectivity index (χ1v) is 15.3. The largest absolute Gasteiger partial charge is 0.467 e. The summed E-state index contributed by atoms with van der Waals surface area (Å²) in [6.45, 7) is 4.96. The number of halogens is 2. The van der Waals surface area contributed by atoms with Crippen molar-refractivity contribution in [2.45, 2.75) is 44.7 Å². The zero-order valence-corrected chi connectivity index (χ0v) is 26.7. The molecule has 12 nitrogen and oxygen atoms in total. The molecule has 0 aliphatic carbocycles. The van der Waals surface area contributed by atoms with Gasteiger partial charge in [-0.25, -0.2) is 19.7 Å². The highest BCUT2D eigenvalue weighted by molar-refractivity contribution is 6.33. The van der Waals surface area contributed by atoms with Crippen molar-refractivity contribution in [3.8, 4) is 17.1 Å². The quantitative estimate of drug-likeness (QED) is 0.218. The number of aromatic nitrogens is 4. The lowest BCUT2D eigenvalue weighted by Gasteiger charge is -2.40. The van der Waals surface area contributed by atoms with E-state index in [1.165, 1.54) is 14.0 Å². The summed E-state index contributed by atoms with van der Waals surface area (Å²) in [4.78, 5) is 54.2. The number of carbonyl (C=O) groups excluding carboxylic acids is 3. The van der Waals surface area contributed by atoms with Crippen LogP contribution in [0, 0.1) is 0 Å². The number of amides is 2. The van der Waals surface area contributed by atoms with Gasteiger partial charge in [0.25, 0.3) is 0 Å². The maximum absolute atomic E-state index is 13.0. The van der Waals surface area contributed by atoms with Crippen molar-refractivity contribution in [2.24, 2.45) is 5.73 Å². The number of piperidine rings is 1. The Morgan fingerprint density at radius 3 is 2.36 bits per heavy atom. The summed E-state index contributed by atoms with van der Waals surface area (Å²) in [6.07, 6.45) is 0.681. The molecule has 1 aliphatic rings. The summed E-state index contributed by atoms with van der Waals surface area (Å²) in [6, 6.07) is 13.7. The van der Waals surface area contributed by atoms with E-state index in [0.29, 0.717) is 70.9 Å². The SMILES string of the molecule is CCNC1(C(N)=O)CCN(c2nc(CC(=O)NC(C)C(=O)OC)nc3c2nc(-c2ccccc2Cl)n3-c2ccc(Cl)cc2)CC1. The van der Waals surface area contributed by atoms with Crippen molar-refractivity contribution < 1.29 is 19.1 Å². The fraction of sp³-hybridized carbons (Fsp3) is 0.355. The summed E-state index contributed by atoms with van der Waals surface area (Å²) in [5, 5.41) is 6.95. The molecule has 45 heavy (non-hydrogen) atoms. The molecule has 1 aliphatic heterocycles. The highest BCUT2D eigenvalue weighted by Gasteiger charge is 2.40. The first-order chi connectivity index (χ1) is 21.6. The molecule has 3 heterocycles. The minimum Gasteiger partial charge on any atom is -0.467 e. The molecule has 1 unspecified atom stereocenters. The van der Waals surface area contributed by atoms with Gasteiger partial charge in [-0.05, 0) is 62.7 Å². The van der Waals surface area contributed by atoms with Gasteiger partial charge in [-0.3, -0.25) is 14.2 Å². The predicted octanol–water partition coefficient (Wildman–Crippen LogP) is 3.44. The summed E-state index contributed by atoms with van der Waals surface area (Å²) >= 11 is 12.9. The summed E-state index contributed by atoms with van der Waals surface area (Å²) in [5.41, 5.74) is 7.31. The van der Waals surface area contributed by atoms with E-state index in [0.717, 1.165) is 5.69 Å². The number of methoxy groups -OCH3 is 1. The molecule has 1 saturated heterocycles. The van der Waals surface area contributed by atoms with Crippen molar-refractivity contribution in [3.05, 3.63) is 64.4 Å². The average molecular weight is 654 g/mol. The monoisotopic (exact) mass is 652 g/mol. The first-order valence-electron chi connectivity index (χ1n) is 14.5. The third kappa shape index (κ3) is 6.58. The fourth-order valence-corrected chi connectivity index (χ4v) is 5.91. The second-order valence-electron chi connectivity index (χ2n) is 10.8. The number of likely N-dealkylation sites (N-methyl/N-ethyl adjacent to an activating group) is 1. The molecule has 0 radical (unpaired) electrons. The smallest absolute Gasteiger partial charge is 0.328 e. The van der Waals surface area contributed by atoms with Crippen molar-refractivity contribution in [1.82, 2.24) is 30.2 Å². The minimum absolute atomic E-state index is 0.214. The summed E-state index contributed by atoms with van der Waals surface area (Å²) in [7, 11) is 1.25. The van der Waals surface area contributed by atoms with Gasteiger partial charge in [0.15, 0.2) is 17.0 Å². The third-order valence-electron chi connectivity index (χ3n) is 7.89. The second-order valence-corrected chi connectivity index (χ2v) is 11.7. The molecule has 0 spiro atoms. The maximum Gasteiger partial charge on any atom is 0.328 e. The maximum atomic E-state index is 13.0. The van der Waals surface area contributed by atoms with E-state index in [4.69, 9.17) is 48.6 Å². The highest BCUT2D eigenvalue weighted by Crippen LogP contribution is 2.36. The Labute approximate surface area is 270 Å². The van der Waals surface area contributed by atoms with Gasteiger partial charge in [0.1, 0.15) is 23.2 Å². The van der Waals surface area contributed by atoms with Crippen molar-refractivity contribution >= 4 is 58.0 Å². The Morgan fingerprint density at radius 2 is 1.73 bits per heavy atom. The molecule has 0 saturated carbocycles. The molecular formula is C31H34Cl2N8O4. The van der Waals surface area contributed by atoms with Crippen molar-refractivity contribution in [1.29, 1.82) is 0 Å². The molecule has 236 valence electrons. The van der Waals surface area contributed by atoms with Gasteiger partial charge in [0.2, 0.25) is 11.8 Å². The number of ether oxygens (including phenoxy) is 1. The Bertz CT molecular complexity index is 1740. The average Bonchev–Trinajstić information content (AvgIpc) is 3.40. The molecule has 2 aromatic heterocycles. The van der Waals surface area contributed by atoms with Crippen LogP contribution in [0.1, 0.15) is 32.5 Å². The standard InChI is InChI=1S/C31H34Cl2N8O4/c1-4-35-31(30(34)44)13-15-40(16-14-31)27-25-28(38-23(37-27)17-24(42)36-18(2)29(43)45-3)41(20-11-9-19(32)10-12-20)26(39-25)21-7-5-6-8-22(21)33/h5-12,18,35H,4,13-17H2,1-3H3,(H2,34,44)(H,36,42). The van der Waals surface area contributed by atoms with Gasteiger partial charge >= 0.3 is 5.97 Å². The van der Waals surface area contributed by atoms with E-state index < -0.39 is 29.4 Å². The van der Waals surface area contributed by atoms with Crippen LogP contribution in [0.5, 0.6) is 0 Å². The van der Waals surface area contributed by atoms with Crippen LogP contribution in [0.4, 0.5) is 5.82 Å². The molecule has 14 heteroatoms. The number of imidazole rings is 1. The fourth-order valence-electron chi connectivity index (χ4n) is 5.57. The first kappa shape index (κ1) is 32.1. The van der Waals surface area contributed by atoms with Gasteiger partial charge in [-0.15, -0.1) is 0 Å². The number of fused-ring (bicyclic) bond motifs is 1. The third-order valence-corrected chi connectivity index (χ3v) is 8.47. The molecule has 0 bridgehead atoms. The molecule has 4 N–H and O–H groups in total. The molecular weight excluding hydrogens is 619 g/mol. The van der Waals surface area contributed by atoms with Crippen LogP contribution in [0.25, 0.3) is 28.2 Å². The van der Waals surface area contributed by atoms with E-state index in [2.05, 4.69) is 10.6 Å². The second kappa shape index (κ2) is 13.4. The van der Waals surface area contributed by atoms with Gasteiger partial charge in [0.05, 0.1) is 18.6 Å². The number of nitrogens with one attached hydrogen (secondary N) is 2. The zero-order valence-electron chi connectivity index (χ0n) is 25.1. The number of hydrogen-bond donors (Lipinski definition) is 3. The van der Waals surface area contributed by atoms with Crippen LogP contribution in [-0.2, 0) is 25.5 Å². The minimum atomic E-state index is -0.854. The van der Waals surface area contributed by atoms with Gasteiger partial charge < -0.3 is 26.0 Å². The van der Waals surface area contributed by atoms with E-state index in [1.54, 1.807) is 18.2 Å². The van der Waals surface area contributed by atoms with Crippen LogP contribution in [-0.4, -0.2) is 75.6 Å². The number of primary amides is 1. The number of anilines is 1. The number of hydrogen-bond acceptors (Lipinski definition) is 9. The Morgan fingerprint density at radius 1 is 1.04 bits per heavy atom. The van der Waals surface area contributed by atoms with E-state index in [1.807, 2.05) is 46.7 Å². The van der Waals surface area contributed by atoms with Crippen LogP contribution in [0.3, 0.4) is 0 Å². The predicted molar refractivity (Wildman–Crippen MR) is 172 cm³/mol. The normalized spacial score (nSPS) is 15.1. The van der Waals surface area contributed by atoms with Crippen molar-refractivity contribution in [2.75, 3.05) is 31.6 Å². The molecule has 1 fully saturated rings. The molecule has 5 rings (SSSR count). The molecule has 4 aromatic rings. The van der Waals surface area contributed by atoms with Crippen LogP contribution < -0.4 is 21.3 Å². The van der Waals surface area contributed by atoms with E-state index >= 15 is 0 Å². The van der Waals surface area contributed by atoms with Crippen LogP contribution in [0.2, 0.25) is 10.0 Å². The van der Waals surface area contributed by atoms with Crippen LogP contribution >= 0.6 is 23.2 Å². The van der Waals surface area contributed by atoms with Gasteiger partial charge in [-0.1, -0.05) is 42.3 Å². The van der Waals surface area contributed by atoms with Crippen LogP contribution in [0.15, 0.2) is 48.5 Å². The Balaban J connectivity index is 1.67. The number of esters is 1. The Hall–Kier alpha value is -4.26. The summed E-state index contributed by atoms with van der Waals surface area (Å²) in [5.74, 6) is -0.198. The van der Waals surface area contributed by atoms with Gasteiger partial charge in [-0.2, -0.15) is 0 Å². The number of nitrogens with zero attached hydrogens (tertiary/aromatic N) is 5. The number of nitrogens with two attached hydrogens (primary N) is 1. The van der Waals surface area contributed by atoms with E-state index in [9.17, 15) is 14.4 Å². The van der Waals surface area contributed by atoms with Gasteiger partial charge in [0, 0.05) is 29.4 Å². The van der Waals surface area contributed by atoms with Crippen molar-refractivity contribution in [3.63, 3.8) is 0 Å². The number of benzene rings is 2. The highest BCUT2D eigenvalue weighted by atomic mass is 35.5. The van der Waals surface area contributed by atoms with E-state index in [-0.39, 0.29) is 12.2 Å². The lowest BCUT2D eigenvalue weighted by molar-refractivity contribution is -0.144. The molecule has 2 amide bonds. The topological polar surface area (TPSA) is 157 Å². The molecule has 1 atom stereocenters. The number of carbonyl (C=O) groups is 3.